The Kier molecular flexibility index (Phi) is 3.65. The summed E-state index contributed by atoms with van der Waals surface area (Å²) in [4.78, 5) is 4.35. The maximum absolute atomic E-state index is 4.35. The first-order chi connectivity index (χ1) is 7.88. The Balaban J connectivity index is 2.12. The molecule has 82 valence electrons. The van der Waals surface area contributed by atoms with E-state index < -0.39 is 0 Å². The monoisotopic (exact) mass is 213 g/mol. The highest BCUT2D eigenvalue weighted by atomic mass is 15.0. The van der Waals surface area contributed by atoms with Crippen LogP contribution >= 0.6 is 0 Å². The van der Waals surface area contributed by atoms with Gasteiger partial charge in [0.15, 0.2) is 18.9 Å². The zero-order valence-corrected chi connectivity index (χ0v) is 9.63. The van der Waals surface area contributed by atoms with E-state index in [1.807, 2.05) is 18.5 Å². The van der Waals surface area contributed by atoms with Crippen LogP contribution in [0, 0.1) is 0 Å². The van der Waals surface area contributed by atoms with Crippen molar-refractivity contribution in [3.05, 3.63) is 60.2 Å². The summed E-state index contributed by atoms with van der Waals surface area (Å²) in [5.74, 6) is 0. The van der Waals surface area contributed by atoms with Crippen molar-refractivity contribution in [3.63, 3.8) is 0 Å². The van der Waals surface area contributed by atoms with Crippen molar-refractivity contribution in [2.45, 2.75) is 26.3 Å². The highest BCUT2D eigenvalue weighted by Crippen LogP contribution is 1.98. The fourth-order valence-electron chi connectivity index (χ4n) is 1.76. The predicted octanol–water partition coefficient (Wildman–Crippen LogP) is 2.37. The minimum Gasteiger partial charge on any atom is -0.249 e. The van der Waals surface area contributed by atoms with Gasteiger partial charge < -0.3 is 0 Å². The smallest absolute Gasteiger partial charge is 0.190 e. The molecular formula is C14H17N2+. The molecule has 2 aromatic rings. The van der Waals surface area contributed by atoms with E-state index in [0.29, 0.717) is 0 Å². The van der Waals surface area contributed by atoms with Crippen molar-refractivity contribution < 1.29 is 4.57 Å². The van der Waals surface area contributed by atoms with Crippen LogP contribution in [0.5, 0.6) is 0 Å². The molecule has 1 heterocycles. The Labute approximate surface area is 96.6 Å². The predicted molar refractivity (Wildman–Crippen MR) is 64.0 cm³/mol. The molecule has 1 aromatic heterocycles. The molecule has 0 radical (unpaired) electrons. The number of aryl methyl sites for hydroxylation is 1. The molecule has 16 heavy (non-hydrogen) atoms. The van der Waals surface area contributed by atoms with Crippen LogP contribution in [0.15, 0.2) is 48.9 Å². The Hall–Kier alpha value is -1.70. The van der Waals surface area contributed by atoms with Crippen LogP contribution in [0.3, 0.4) is 0 Å². The minimum absolute atomic E-state index is 0.917. The van der Waals surface area contributed by atoms with Gasteiger partial charge in [-0.3, -0.25) is 0 Å². The van der Waals surface area contributed by atoms with Crippen LogP contribution in [-0.4, -0.2) is 4.98 Å². The molecule has 0 fully saturated rings. The Bertz CT molecular complexity index is 437. The van der Waals surface area contributed by atoms with E-state index in [1.54, 1.807) is 0 Å². The van der Waals surface area contributed by atoms with Gasteiger partial charge in [0.05, 0.1) is 6.20 Å². The summed E-state index contributed by atoms with van der Waals surface area (Å²) in [6.45, 7) is 3.09. The lowest BCUT2D eigenvalue weighted by molar-refractivity contribution is -0.689. The second-order valence-corrected chi connectivity index (χ2v) is 3.96. The topological polar surface area (TPSA) is 16.8 Å². The van der Waals surface area contributed by atoms with E-state index >= 15 is 0 Å². The number of nitrogens with zero attached hydrogens (tertiary/aromatic N) is 2. The molecule has 0 spiro atoms. The van der Waals surface area contributed by atoms with Crippen LogP contribution in [0.1, 0.15) is 24.6 Å². The van der Waals surface area contributed by atoms with Crippen LogP contribution in [0.25, 0.3) is 0 Å². The van der Waals surface area contributed by atoms with Crippen molar-refractivity contribution in [1.82, 2.24) is 4.98 Å². The summed E-state index contributed by atoms with van der Waals surface area (Å²) < 4.78 is 2.19. The lowest BCUT2D eigenvalue weighted by Gasteiger charge is -1.99. The second kappa shape index (κ2) is 5.40. The molecule has 2 nitrogen and oxygen atoms in total. The number of rotatable bonds is 4. The van der Waals surface area contributed by atoms with Gasteiger partial charge >= 0.3 is 0 Å². The van der Waals surface area contributed by atoms with Gasteiger partial charge in [-0.25, -0.2) is 4.98 Å². The first-order valence-corrected chi connectivity index (χ1v) is 5.76. The molecule has 2 rings (SSSR count). The first-order valence-electron chi connectivity index (χ1n) is 5.76. The van der Waals surface area contributed by atoms with Gasteiger partial charge in [0.25, 0.3) is 0 Å². The van der Waals surface area contributed by atoms with E-state index in [1.165, 1.54) is 11.3 Å². The molecule has 0 N–H and O–H groups in total. The molecule has 0 saturated heterocycles. The fraction of sp³-hybridized carbons (Fsp3) is 0.286. The molecule has 1 aromatic carbocycles. The van der Waals surface area contributed by atoms with E-state index in [2.05, 4.69) is 46.9 Å². The van der Waals surface area contributed by atoms with Crippen LogP contribution in [0.4, 0.5) is 0 Å². The lowest BCUT2D eigenvalue weighted by Crippen LogP contribution is -2.34. The fourth-order valence-corrected chi connectivity index (χ4v) is 1.76. The third kappa shape index (κ3) is 2.89. The molecule has 0 aliphatic rings. The number of hydrogen-bond acceptors (Lipinski definition) is 1. The number of hydrogen-bond donors (Lipinski definition) is 0. The van der Waals surface area contributed by atoms with Crippen LogP contribution in [0.2, 0.25) is 0 Å². The van der Waals surface area contributed by atoms with Crippen molar-refractivity contribution in [1.29, 1.82) is 0 Å². The third-order valence-corrected chi connectivity index (χ3v) is 2.53. The zero-order chi connectivity index (χ0) is 11.2. The molecule has 0 atom stereocenters. The van der Waals surface area contributed by atoms with Crippen molar-refractivity contribution >= 4 is 0 Å². The maximum atomic E-state index is 4.35. The standard InChI is InChI=1S/C14H17N2/c1-2-6-14-12-16(10-9-15-14)11-13-7-4-3-5-8-13/h3-5,7-10,12H,2,6,11H2,1H3/q+1. The van der Waals surface area contributed by atoms with Gasteiger partial charge in [-0.05, 0) is 6.42 Å². The molecule has 0 aliphatic carbocycles. The maximum Gasteiger partial charge on any atom is 0.190 e. The van der Waals surface area contributed by atoms with E-state index in [9.17, 15) is 0 Å². The molecule has 2 heteroatoms. The second-order valence-electron chi connectivity index (χ2n) is 3.96. The Morgan fingerprint density at radius 2 is 2.00 bits per heavy atom. The Morgan fingerprint density at radius 1 is 1.19 bits per heavy atom. The van der Waals surface area contributed by atoms with Crippen molar-refractivity contribution in [3.8, 4) is 0 Å². The molecule has 0 unspecified atom stereocenters. The summed E-state index contributed by atoms with van der Waals surface area (Å²) in [7, 11) is 0. The van der Waals surface area contributed by atoms with E-state index in [4.69, 9.17) is 0 Å². The first kappa shape index (κ1) is 10.8. The third-order valence-electron chi connectivity index (χ3n) is 2.53. The van der Waals surface area contributed by atoms with E-state index in [0.717, 1.165) is 19.4 Å². The van der Waals surface area contributed by atoms with Crippen LogP contribution in [-0.2, 0) is 13.0 Å². The van der Waals surface area contributed by atoms with Gasteiger partial charge in [-0.1, -0.05) is 43.7 Å². The summed E-state index contributed by atoms with van der Waals surface area (Å²) in [6, 6.07) is 10.5. The van der Waals surface area contributed by atoms with Gasteiger partial charge in [-0.2, -0.15) is 4.57 Å². The van der Waals surface area contributed by atoms with Crippen LogP contribution < -0.4 is 4.57 Å². The summed E-state index contributed by atoms with van der Waals surface area (Å²) >= 11 is 0. The minimum atomic E-state index is 0.917. The van der Waals surface area contributed by atoms with Gasteiger partial charge in [0, 0.05) is 5.56 Å². The molecular weight excluding hydrogens is 196 g/mol. The molecule has 0 aliphatic heterocycles. The normalized spacial score (nSPS) is 10.3. The highest BCUT2D eigenvalue weighted by molar-refractivity contribution is 5.13. The van der Waals surface area contributed by atoms with Gasteiger partial charge in [0.1, 0.15) is 5.69 Å². The largest absolute Gasteiger partial charge is 0.249 e. The number of aromatic nitrogens is 2. The molecule has 0 amide bonds. The van der Waals surface area contributed by atoms with Gasteiger partial charge in [0.2, 0.25) is 0 Å². The van der Waals surface area contributed by atoms with E-state index in [-0.39, 0.29) is 0 Å². The Morgan fingerprint density at radius 3 is 2.75 bits per heavy atom. The SMILES string of the molecule is CCCc1c[n+](Cc2ccccc2)ccn1. The number of benzene rings is 1. The van der Waals surface area contributed by atoms with Crippen molar-refractivity contribution in [2.24, 2.45) is 0 Å². The summed E-state index contributed by atoms with van der Waals surface area (Å²) in [5.41, 5.74) is 2.49. The van der Waals surface area contributed by atoms with Crippen molar-refractivity contribution in [2.75, 3.05) is 0 Å². The van der Waals surface area contributed by atoms with Gasteiger partial charge in [-0.15, -0.1) is 0 Å². The summed E-state index contributed by atoms with van der Waals surface area (Å²) in [6.07, 6.45) is 8.23. The molecule has 0 saturated carbocycles. The quantitative estimate of drug-likeness (QED) is 0.712. The molecule has 0 bridgehead atoms. The summed E-state index contributed by atoms with van der Waals surface area (Å²) in [5, 5.41) is 0. The highest BCUT2D eigenvalue weighted by Gasteiger charge is 2.04. The average molecular weight is 213 g/mol. The average Bonchev–Trinajstić information content (AvgIpc) is 2.31. The zero-order valence-electron chi connectivity index (χ0n) is 9.63. The lowest BCUT2D eigenvalue weighted by atomic mass is 10.2.